The SMILES string of the molecule is CCCCCCCC(=O)SCC(=O)N(CC(=O)O)c1c(C)ccc(Cl)c1C. The largest absolute Gasteiger partial charge is 0.480 e. The number of benzene rings is 1. The second-order valence-corrected chi connectivity index (χ2v) is 7.98. The third kappa shape index (κ3) is 7.93. The van der Waals surface area contributed by atoms with E-state index in [0.29, 0.717) is 22.7 Å². The van der Waals surface area contributed by atoms with Crippen molar-refractivity contribution in [1.82, 2.24) is 0 Å². The van der Waals surface area contributed by atoms with Crippen LogP contribution in [0.25, 0.3) is 0 Å². The first kappa shape index (κ1) is 23.5. The zero-order valence-corrected chi connectivity index (χ0v) is 17.8. The minimum absolute atomic E-state index is 0.0327. The Bertz CT molecular complexity index is 678. The Morgan fingerprint density at radius 3 is 2.41 bits per heavy atom. The number of amides is 1. The average Bonchev–Trinajstić information content (AvgIpc) is 2.61. The second-order valence-electron chi connectivity index (χ2n) is 6.54. The molecule has 1 N–H and O–H groups in total. The zero-order chi connectivity index (χ0) is 20.4. The number of nitrogens with zero attached hydrogens (tertiary/aromatic N) is 1. The van der Waals surface area contributed by atoms with Gasteiger partial charge in [-0.1, -0.05) is 62.0 Å². The predicted octanol–water partition coefficient (Wildman–Crippen LogP) is 4.99. The molecule has 0 saturated carbocycles. The Morgan fingerprint density at radius 1 is 1.11 bits per heavy atom. The normalized spacial score (nSPS) is 10.7. The quantitative estimate of drug-likeness (QED) is 0.517. The number of aryl methyl sites for hydroxylation is 1. The maximum absolute atomic E-state index is 12.7. The summed E-state index contributed by atoms with van der Waals surface area (Å²) in [5.41, 5.74) is 1.92. The van der Waals surface area contributed by atoms with Crippen LogP contribution in [0.4, 0.5) is 5.69 Å². The molecule has 0 aliphatic heterocycles. The van der Waals surface area contributed by atoms with E-state index >= 15 is 0 Å². The Balaban J connectivity index is 2.73. The molecule has 0 aliphatic carbocycles. The van der Waals surface area contributed by atoms with Gasteiger partial charge in [0.1, 0.15) is 6.54 Å². The van der Waals surface area contributed by atoms with Gasteiger partial charge in [-0.15, -0.1) is 0 Å². The lowest BCUT2D eigenvalue weighted by molar-refractivity contribution is -0.136. The summed E-state index contributed by atoms with van der Waals surface area (Å²) in [5.74, 6) is -1.60. The van der Waals surface area contributed by atoms with Crippen molar-refractivity contribution in [3.05, 3.63) is 28.3 Å². The van der Waals surface area contributed by atoms with Crippen molar-refractivity contribution in [3.8, 4) is 0 Å². The summed E-state index contributed by atoms with van der Waals surface area (Å²) >= 11 is 7.11. The molecule has 1 rings (SSSR count). The second kappa shape index (κ2) is 12.0. The molecule has 0 bridgehead atoms. The van der Waals surface area contributed by atoms with E-state index in [1.165, 1.54) is 11.3 Å². The minimum atomic E-state index is -1.12. The molecule has 0 aromatic heterocycles. The fraction of sp³-hybridized carbons (Fsp3) is 0.550. The van der Waals surface area contributed by atoms with Crippen molar-refractivity contribution in [2.24, 2.45) is 0 Å². The number of halogens is 1. The van der Waals surface area contributed by atoms with Gasteiger partial charge in [-0.3, -0.25) is 19.3 Å². The van der Waals surface area contributed by atoms with E-state index in [1.807, 2.05) is 0 Å². The van der Waals surface area contributed by atoms with Gasteiger partial charge in [0.15, 0.2) is 5.12 Å². The molecular formula is C20H28ClNO4S. The number of carboxylic acid groups (broad SMARTS) is 1. The molecule has 0 atom stereocenters. The number of carbonyl (C=O) groups excluding carboxylic acids is 2. The predicted molar refractivity (Wildman–Crippen MR) is 112 cm³/mol. The van der Waals surface area contributed by atoms with Gasteiger partial charge in [0.2, 0.25) is 5.91 Å². The van der Waals surface area contributed by atoms with Crippen LogP contribution in [0.1, 0.15) is 56.6 Å². The van der Waals surface area contributed by atoms with Crippen molar-refractivity contribution >= 4 is 46.0 Å². The summed E-state index contributed by atoms with van der Waals surface area (Å²) in [7, 11) is 0. The van der Waals surface area contributed by atoms with E-state index in [4.69, 9.17) is 11.6 Å². The summed E-state index contributed by atoms with van der Waals surface area (Å²) in [4.78, 5) is 37.1. The number of rotatable bonds is 11. The number of carboxylic acids is 1. The molecule has 0 fully saturated rings. The first-order chi connectivity index (χ1) is 12.8. The Morgan fingerprint density at radius 2 is 1.78 bits per heavy atom. The lowest BCUT2D eigenvalue weighted by Gasteiger charge is -2.25. The van der Waals surface area contributed by atoms with E-state index in [2.05, 4.69) is 6.92 Å². The lowest BCUT2D eigenvalue weighted by atomic mass is 10.1. The van der Waals surface area contributed by atoms with Crippen LogP contribution in [0, 0.1) is 13.8 Å². The molecule has 0 spiro atoms. The van der Waals surface area contributed by atoms with Gasteiger partial charge < -0.3 is 5.11 Å². The standard InChI is InChI=1S/C20H28ClNO4S/c1-4-5-6-7-8-9-19(26)27-13-17(23)22(12-18(24)25)20-14(2)10-11-16(21)15(20)3/h10-11H,4-9,12-13H2,1-3H3,(H,24,25). The first-order valence-electron chi connectivity index (χ1n) is 9.21. The molecule has 1 amide bonds. The number of thioether (sulfide) groups is 1. The lowest BCUT2D eigenvalue weighted by Crippen LogP contribution is -2.38. The van der Waals surface area contributed by atoms with Crippen LogP contribution in [0.2, 0.25) is 5.02 Å². The topological polar surface area (TPSA) is 74.7 Å². The van der Waals surface area contributed by atoms with Crippen LogP contribution in [0.5, 0.6) is 0 Å². The molecular weight excluding hydrogens is 386 g/mol. The van der Waals surface area contributed by atoms with Gasteiger partial charge >= 0.3 is 5.97 Å². The summed E-state index contributed by atoms with van der Waals surface area (Å²) in [6.07, 6.45) is 5.72. The van der Waals surface area contributed by atoms with Crippen LogP contribution in [-0.2, 0) is 14.4 Å². The maximum atomic E-state index is 12.7. The molecule has 5 nitrogen and oxygen atoms in total. The molecule has 1 aromatic carbocycles. The van der Waals surface area contributed by atoms with Crippen LogP contribution in [0.15, 0.2) is 12.1 Å². The number of hydrogen-bond acceptors (Lipinski definition) is 4. The van der Waals surface area contributed by atoms with Crippen LogP contribution in [-0.4, -0.2) is 34.4 Å². The van der Waals surface area contributed by atoms with Gasteiger partial charge in [0, 0.05) is 11.4 Å². The van der Waals surface area contributed by atoms with E-state index in [1.54, 1.807) is 26.0 Å². The fourth-order valence-corrected chi connectivity index (χ4v) is 3.70. The molecule has 1 aromatic rings. The number of unbranched alkanes of at least 4 members (excludes halogenated alkanes) is 4. The number of aliphatic carboxylic acids is 1. The van der Waals surface area contributed by atoms with E-state index < -0.39 is 18.4 Å². The maximum Gasteiger partial charge on any atom is 0.323 e. The van der Waals surface area contributed by atoms with Crippen molar-refractivity contribution in [2.75, 3.05) is 17.2 Å². The minimum Gasteiger partial charge on any atom is -0.480 e. The molecule has 0 saturated heterocycles. The van der Waals surface area contributed by atoms with E-state index in [9.17, 15) is 19.5 Å². The van der Waals surface area contributed by atoms with Crippen molar-refractivity contribution in [2.45, 2.75) is 59.3 Å². The Hall–Kier alpha value is -1.53. The summed E-state index contributed by atoms with van der Waals surface area (Å²) in [5, 5.41) is 9.64. The molecule has 150 valence electrons. The average molecular weight is 414 g/mol. The number of hydrogen-bond donors (Lipinski definition) is 1. The van der Waals surface area contributed by atoms with Crippen molar-refractivity contribution < 1.29 is 19.5 Å². The van der Waals surface area contributed by atoms with Crippen LogP contribution < -0.4 is 4.90 Å². The molecule has 0 aliphatic rings. The Labute approximate surface area is 170 Å². The van der Waals surface area contributed by atoms with Gasteiger partial charge in [-0.25, -0.2) is 0 Å². The van der Waals surface area contributed by atoms with Crippen LogP contribution in [0.3, 0.4) is 0 Å². The summed E-state index contributed by atoms with van der Waals surface area (Å²) in [6, 6.07) is 3.47. The van der Waals surface area contributed by atoms with Gasteiger partial charge in [0.25, 0.3) is 0 Å². The third-order valence-corrected chi connectivity index (χ3v) is 5.60. The summed E-state index contributed by atoms with van der Waals surface area (Å²) < 4.78 is 0. The van der Waals surface area contributed by atoms with Crippen molar-refractivity contribution in [1.29, 1.82) is 0 Å². The van der Waals surface area contributed by atoms with Gasteiger partial charge in [-0.2, -0.15) is 0 Å². The fourth-order valence-electron chi connectivity index (χ4n) is 2.82. The molecule has 0 heterocycles. The van der Waals surface area contributed by atoms with Crippen molar-refractivity contribution in [3.63, 3.8) is 0 Å². The smallest absolute Gasteiger partial charge is 0.323 e. The highest BCUT2D eigenvalue weighted by Crippen LogP contribution is 2.31. The highest BCUT2D eigenvalue weighted by molar-refractivity contribution is 8.14. The summed E-state index contributed by atoms with van der Waals surface area (Å²) in [6.45, 7) is 5.22. The highest BCUT2D eigenvalue weighted by Gasteiger charge is 2.23. The van der Waals surface area contributed by atoms with E-state index in [-0.39, 0.29) is 10.9 Å². The number of anilines is 1. The third-order valence-electron chi connectivity index (χ3n) is 4.27. The zero-order valence-electron chi connectivity index (χ0n) is 16.2. The van der Waals surface area contributed by atoms with Gasteiger partial charge in [0.05, 0.1) is 11.4 Å². The molecule has 0 unspecified atom stereocenters. The molecule has 0 radical (unpaired) electrons. The first-order valence-corrected chi connectivity index (χ1v) is 10.6. The van der Waals surface area contributed by atoms with E-state index in [0.717, 1.165) is 43.0 Å². The number of carbonyl (C=O) groups is 3. The van der Waals surface area contributed by atoms with Gasteiger partial charge in [-0.05, 0) is 37.5 Å². The molecule has 7 heteroatoms. The molecule has 27 heavy (non-hydrogen) atoms. The highest BCUT2D eigenvalue weighted by atomic mass is 35.5. The van der Waals surface area contributed by atoms with Crippen LogP contribution >= 0.6 is 23.4 Å². The monoisotopic (exact) mass is 413 g/mol. The Kier molecular flexibility index (Phi) is 10.5.